The van der Waals surface area contributed by atoms with Crippen LogP contribution in [0.4, 0.5) is 0 Å². The number of methoxy groups -OCH3 is 2. The summed E-state index contributed by atoms with van der Waals surface area (Å²) in [5.74, 6) is 0.599. The maximum Gasteiger partial charge on any atom is 0.195 e. The summed E-state index contributed by atoms with van der Waals surface area (Å²) < 4.78 is 22.3. The number of nitrogens with two attached hydrogens (primary N) is 1. The van der Waals surface area contributed by atoms with Crippen molar-refractivity contribution >= 4 is 0 Å². The molecule has 0 bridgehead atoms. The highest BCUT2D eigenvalue weighted by Crippen LogP contribution is 2.40. The van der Waals surface area contributed by atoms with E-state index in [2.05, 4.69) is 0 Å². The molecule has 1 aliphatic rings. The Balaban J connectivity index is 2.43. The highest BCUT2D eigenvalue weighted by atomic mass is 16.7. The topological polar surface area (TPSA) is 62.9 Å². The Hall–Kier alpha value is -1.30. The average molecular weight is 267 g/mol. The fourth-order valence-corrected chi connectivity index (χ4v) is 2.35. The molecule has 0 spiro atoms. The van der Waals surface area contributed by atoms with E-state index >= 15 is 0 Å². The molecule has 2 N–H and O–H groups in total. The Morgan fingerprint density at radius 2 is 1.84 bits per heavy atom. The second-order valence-corrected chi connectivity index (χ2v) is 4.85. The molecule has 1 aromatic carbocycles. The molecule has 5 nitrogen and oxygen atoms in total. The highest BCUT2D eigenvalue weighted by molar-refractivity contribution is 5.48. The van der Waals surface area contributed by atoms with E-state index in [0.29, 0.717) is 19.0 Å². The highest BCUT2D eigenvalue weighted by Gasteiger charge is 2.37. The van der Waals surface area contributed by atoms with E-state index in [1.165, 1.54) is 0 Å². The van der Waals surface area contributed by atoms with Crippen molar-refractivity contribution < 1.29 is 18.9 Å². The third kappa shape index (κ3) is 2.68. The van der Waals surface area contributed by atoms with Crippen molar-refractivity contribution in [2.45, 2.75) is 25.7 Å². The Morgan fingerprint density at radius 1 is 1.21 bits per heavy atom. The molecule has 1 fully saturated rings. The van der Waals surface area contributed by atoms with Crippen molar-refractivity contribution in [2.75, 3.05) is 27.4 Å². The number of hydrogen-bond acceptors (Lipinski definition) is 5. The minimum Gasteiger partial charge on any atom is -0.497 e. The Morgan fingerprint density at radius 3 is 2.37 bits per heavy atom. The maximum absolute atomic E-state index is 5.79. The fraction of sp³-hybridized carbons (Fsp3) is 0.571. The number of hydrogen-bond donors (Lipinski definition) is 1. The van der Waals surface area contributed by atoms with Gasteiger partial charge in [-0.3, -0.25) is 0 Å². The summed E-state index contributed by atoms with van der Waals surface area (Å²) >= 11 is 0. The van der Waals surface area contributed by atoms with Gasteiger partial charge in [-0.2, -0.15) is 0 Å². The predicted octanol–water partition coefficient (Wildman–Crippen LogP) is 1.56. The quantitative estimate of drug-likeness (QED) is 0.900. The zero-order chi connectivity index (χ0) is 14.0. The van der Waals surface area contributed by atoms with Crippen molar-refractivity contribution in [1.82, 2.24) is 0 Å². The molecule has 19 heavy (non-hydrogen) atoms. The molecule has 0 saturated carbocycles. The van der Waals surface area contributed by atoms with Gasteiger partial charge in [-0.1, -0.05) is 0 Å². The van der Waals surface area contributed by atoms with E-state index in [4.69, 9.17) is 24.7 Å². The van der Waals surface area contributed by atoms with Crippen LogP contribution in [0.2, 0.25) is 0 Å². The summed E-state index contributed by atoms with van der Waals surface area (Å²) in [6.45, 7) is 4.79. The lowest BCUT2D eigenvalue weighted by atomic mass is 9.98. The van der Waals surface area contributed by atoms with Crippen molar-refractivity contribution in [1.29, 1.82) is 0 Å². The van der Waals surface area contributed by atoms with Gasteiger partial charge in [-0.05, 0) is 25.5 Å². The van der Waals surface area contributed by atoms with Crippen LogP contribution in [0.15, 0.2) is 12.1 Å². The lowest BCUT2D eigenvalue weighted by Crippen LogP contribution is -2.46. The maximum atomic E-state index is 5.79. The average Bonchev–Trinajstić information content (AvgIpc) is 2.41. The summed E-state index contributed by atoms with van der Waals surface area (Å²) in [6, 6.07) is 3.68. The van der Waals surface area contributed by atoms with Gasteiger partial charge in [-0.25, -0.2) is 0 Å². The van der Waals surface area contributed by atoms with Crippen LogP contribution in [-0.2, 0) is 15.3 Å². The minimum atomic E-state index is -0.836. The minimum absolute atomic E-state index is 0.0855. The molecular formula is C14H21NO4. The zero-order valence-corrected chi connectivity index (χ0v) is 11.9. The molecule has 0 unspecified atom stereocenters. The van der Waals surface area contributed by atoms with Crippen LogP contribution in [0.1, 0.15) is 18.1 Å². The monoisotopic (exact) mass is 267 g/mol. The van der Waals surface area contributed by atoms with Crippen LogP contribution in [-0.4, -0.2) is 33.5 Å². The van der Waals surface area contributed by atoms with E-state index in [-0.39, 0.29) is 6.04 Å². The summed E-state index contributed by atoms with van der Waals surface area (Å²) in [5, 5.41) is 0. The van der Waals surface area contributed by atoms with E-state index < -0.39 is 5.79 Å². The molecule has 5 heteroatoms. The van der Waals surface area contributed by atoms with Crippen molar-refractivity contribution in [3.63, 3.8) is 0 Å². The van der Waals surface area contributed by atoms with Gasteiger partial charge in [0.05, 0.1) is 39.0 Å². The first-order valence-corrected chi connectivity index (χ1v) is 6.26. The summed E-state index contributed by atoms with van der Waals surface area (Å²) in [6.07, 6.45) is 0. The number of aryl methyl sites for hydroxylation is 1. The van der Waals surface area contributed by atoms with Gasteiger partial charge >= 0.3 is 0 Å². The van der Waals surface area contributed by atoms with Crippen LogP contribution >= 0.6 is 0 Å². The van der Waals surface area contributed by atoms with E-state index in [1.54, 1.807) is 14.2 Å². The number of rotatable bonds is 3. The van der Waals surface area contributed by atoms with Crippen LogP contribution in [0.3, 0.4) is 0 Å². The molecule has 1 aromatic rings. The van der Waals surface area contributed by atoms with Gasteiger partial charge in [0.15, 0.2) is 5.79 Å². The second-order valence-electron chi connectivity index (χ2n) is 4.85. The van der Waals surface area contributed by atoms with Gasteiger partial charge in [0.1, 0.15) is 11.5 Å². The van der Waals surface area contributed by atoms with Crippen LogP contribution < -0.4 is 15.2 Å². The molecule has 2 rings (SSSR count). The normalized spacial score (nSPS) is 27.1. The molecule has 106 valence electrons. The fourth-order valence-electron chi connectivity index (χ4n) is 2.35. The summed E-state index contributed by atoms with van der Waals surface area (Å²) in [4.78, 5) is 0. The lowest BCUT2D eigenvalue weighted by molar-refractivity contribution is -0.270. The molecular weight excluding hydrogens is 246 g/mol. The molecule has 1 aliphatic heterocycles. The lowest BCUT2D eigenvalue weighted by Gasteiger charge is -2.38. The van der Waals surface area contributed by atoms with Gasteiger partial charge in [0.2, 0.25) is 0 Å². The molecule has 0 atom stereocenters. The first-order valence-electron chi connectivity index (χ1n) is 6.26. The second kappa shape index (κ2) is 5.36. The first kappa shape index (κ1) is 14.1. The molecule has 0 radical (unpaired) electrons. The van der Waals surface area contributed by atoms with Crippen molar-refractivity contribution in [3.05, 3.63) is 23.3 Å². The van der Waals surface area contributed by atoms with Gasteiger partial charge in [-0.15, -0.1) is 0 Å². The summed E-state index contributed by atoms with van der Waals surface area (Å²) in [7, 11) is 3.25. The van der Waals surface area contributed by atoms with Gasteiger partial charge < -0.3 is 24.7 Å². The first-order chi connectivity index (χ1) is 9.00. The predicted molar refractivity (Wildman–Crippen MR) is 71.5 cm³/mol. The molecule has 0 amide bonds. The number of ether oxygens (including phenoxy) is 4. The molecule has 1 heterocycles. The van der Waals surface area contributed by atoms with Gasteiger partial charge in [0, 0.05) is 6.07 Å². The smallest absolute Gasteiger partial charge is 0.195 e. The van der Waals surface area contributed by atoms with Crippen LogP contribution in [0.5, 0.6) is 11.5 Å². The molecule has 0 aliphatic carbocycles. The third-order valence-electron chi connectivity index (χ3n) is 3.33. The van der Waals surface area contributed by atoms with Crippen molar-refractivity contribution in [3.8, 4) is 11.5 Å². The van der Waals surface area contributed by atoms with Gasteiger partial charge in [0.25, 0.3) is 0 Å². The third-order valence-corrected chi connectivity index (χ3v) is 3.33. The molecule has 0 aromatic heterocycles. The Kier molecular flexibility index (Phi) is 3.99. The largest absolute Gasteiger partial charge is 0.497 e. The Labute approximate surface area is 113 Å². The SMILES string of the molecule is COc1cc(C)c(C2(C)OCC(N)CO2)c(OC)c1. The van der Waals surface area contributed by atoms with Crippen molar-refractivity contribution in [2.24, 2.45) is 5.73 Å². The van der Waals surface area contributed by atoms with Crippen LogP contribution in [0.25, 0.3) is 0 Å². The van der Waals surface area contributed by atoms with E-state index in [9.17, 15) is 0 Å². The standard InChI is InChI=1S/C14H21NO4/c1-9-5-11(16-3)6-12(17-4)13(9)14(2)18-7-10(15)8-19-14/h5-6,10H,7-8,15H2,1-4H3. The van der Waals surface area contributed by atoms with E-state index in [0.717, 1.165) is 16.9 Å². The zero-order valence-electron chi connectivity index (χ0n) is 11.9. The van der Waals surface area contributed by atoms with E-state index in [1.807, 2.05) is 26.0 Å². The number of benzene rings is 1. The van der Waals surface area contributed by atoms with Crippen LogP contribution in [0, 0.1) is 6.92 Å². The Bertz CT molecular complexity index is 453. The molecule has 1 saturated heterocycles. The summed E-state index contributed by atoms with van der Waals surface area (Å²) in [5.41, 5.74) is 7.66.